The monoisotopic (exact) mass is 215 g/mol. The van der Waals surface area contributed by atoms with Gasteiger partial charge in [0.1, 0.15) is 18.9 Å². The highest BCUT2D eigenvalue weighted by atomic mass is 16.5. The zero-order valence-corrected chi connectivity index (χ0v) is 9.11. The Hall–Kier alpha value is -0.910. The van der Waals surface area contributed by atoms with E-state index < -0.39 is 0 Å². The van der Waals surface area contributed by atoms with E-state index in [0.717, 1.165) is 12.4 Å². The van der Waals surface area contributed by atoms with Crippen LogP contribution in [0.1, 0.15) is 5.82 Å². The van der Waals surface area contributed by atoms with Crippen molar-refractivity contribution in [1.82, 2.24) is 4.98 Å². The number of nitrogens with one attached hydrogen (secondary N) is 1. The Morgan fingerprint density at radius 1 is 1.27 bits per heavy atom. The number of H-pyrrole nitrogens is 1. The van der Waals surface area contributed by atoms with Crippen LogP contribution in [0.5, 0.6) is 0 Å². The average Bonchev–Trinajstić information content (AvgIpc) is 2.63. The second kappa shape index (κ2) is 7.39. The van der Waals surface area contributed by atoms with Crippen LogP contribution >= 0.6 is 0 Å². The quantitative estimate of drug-likeness (QED) is 0.460. The summed E-state index contributed by atoms with van der Waals surface area (Å²) in [6.07, 6.45) is 3.89. The van der Waals surface area contributed by atoms with Crippen molar-refractivity contribution in [2.75, 3.05) is 33.0 Å². The number of aliphatic hydroxyl groups excluding tert-OH is 1. The zero-order valence-electron chi connectivity index (χ0n) is 9.11. The number of aliphatic hydroxyl groups is 1. The van der Waals surface area contributed by atoms with E-state index in [2.05, 4.69) is 9.55 Å². The van der Waals surface area contributed by atoms with E-state index in [1.807, 2.05) is 19.3 Å². The molecule has 0 atom stereocenters. The minimum Gasteiger partial charge on any atom is -0.394 e. The molecule has 0 saturated heterocycles. The number of ether oxygens (including phenoxy) is 2. The van der Waals surface area contributed by atoms with Crippen molar-refractivity contribution in [2.24, 2.45) is 0 Å². The third-order valence-corrected chi connectivity index (χ3v) is 2.06. The normalized spacial score (nSPS) is 10.8. The lowest BCUT2D eigenvalue weighted by molar-refractivity contribution is -0.703. The molecule has 2 N–H and O–H groups in total. The molecule has 1 rings (SSSR count). The van der Waals surface area contributed by atoms with Crippen LogP contribution in [0, 0.1) is 6.92 Å². The fourth-order valence-electron chi connectivity index (χ4n) is 1.23. The van der Waals surface area contributed by atoms with Gasteiger partial charge in [0.2, 0.25) is 0 Å². The first-order valence-electron chi connectivity index (χ1n) is 5.14. The molecule has 0 fully saturated rings. The van der Waals surface area contributed by atoms with E-state index >= 15 is 0 Å². The second-order valence-corrected chi connectivity index (χ2v) is 3.19. The molecule has 1 heterocycles. The van der Waals surface area contributed by atoms with Gasteiger partial charge >= 0.3 is 0 Å². The molecule has 1 aromatic rings. The van der Waals surface area contributed by atoms with Crippen molar-refractivity contribution in [3.05, 3.63) is 18.2 Å². The van der Waals surface area contributed by atoms with Gasteiger partial charge in [0, 0.05) is 6.92 Å². The fraction of sp³-hybridized carbons (Fsp3) is 0.700. The molecule has 5 heteroatoms. The van der Waals surface area contributed by atoms with E-state index in [1.54, 1.807) is 0 Å². The fourth-order valence-corrected chi connectivity index (χ4v) is 1.23. The summed E-state index contributed by atoms with van der Waals surface area (Å²) in [5.41, 5.74) is 0. The highest BCUT2D eigenvalue weighted by molar-refractivity contribution is 4.70. The molecule has 86 valence electrons. The minimum absolute atomic E-state index is 0.0679. The molecule has 0 amide bonds. The molecule has 0 unspecified atom stereocenters. The van der Waals surface area contributed by atoms with E-state index in [1.165, 1.54) is 0 Å². The molecule has 0 aromatic carbocycles. The number of rotatable bonds is 8. The van der Waals surface area contributed by atoms with Crippen LogP contribution in [-0.2, 0) is 16.0 Å². The molecule has 0 radical (unpaired) electrons. The van der Waals surface area contributed by atoms with Gasteiger partial charge in [0.15, 0.2) is 0 Å². The topological polar surface area (TPSA) is 58.4 Å². The zero-order chi connectivity index (χ0) is 10.9. The van der Waals surface area contributed by atoms with Crippen LogP contribution in [0.25, 0.3) is 0 Å². The number of hydrogen-bond donors (Lipinski definition) is 2. The first-order valence-corrected chi connectivity index (χ1v) is 5.14. The lowest BCUT2D eigenvalue weighted by Crippen LogP contribution is -2.36. The molecule has 15 heavy (non-hydrogen) atoms. The molecule has 1 aromatic heterocycles. The lowest BCUT2D eigenvalue weighted by Gasteiger charge is -2.03. The standard InChI is InChI=1S/C10H18N2O3/c1-10-11-2-3-12(10)4-6-14-8-9-15-7-5-13/h2-3,13H,4-9H2,1H3/p+1. The Bertz CT molecular complexity index is 263. The van der Waals surface area contributed by atoms with Gasteiger partial charge in [-0.25, -0.2) is 9.55 Å². The number of imidazole rings is 1. The van der Waals surface area contributed by atoms with Crippen LogP contribution in [0.15, 0.2) is 12.4 Å². The maximum Gasteiger partial charge on any atom is 0.251 e. The van der Waals surface area contributed by atoms with Crippen LogP contribution in [0.3, 0.4) is 0 Å². The summed E-state index contributed by atoms with van der Waals surface area (Å²) in [6.45, 7) is 5.10. The first-order chi connectivity index (χ1) is 7.34. The third kappa shape index (κ3) is 4.92. The molecule has 0 aliphatic heterocycles. The lowest BCUT2D eigenvalue weighted by atomic mass is 10.6. The molecule has 0 aliphatic rings. The maximum absolute atomic E-state index is 8.45. The highest BCUT2D eigenvalue weighted by Crippen LogP contribution is 1.83. The SMILES string of the molecule is Cc1[nH]cc[n+]1CCOCCOCCO. The second-order valence-electron chi connectivity index (χ2n) is 3.19. The molecule has 0 saturated carbocycles. The Morgan fingerprint density at radius 2 is 2.00 bits per heavy atom. The predicted molar refractivity (Wildman–Crippen MR) is 54.4 cm³/mol. The van der Waals surface area contributed by atoms with Gasteiger partial charge in [-0.2, -0.15) is 0 Å². The Morgan fingerprint density at radius 3 is 2.60 bits per heavy atom. The highest BCUT2D eigenvalue weighted by Gasteiger charge is 2.02. The summed E-state index contributed by atoms with van der Waals surface area (Å²) in [4.78, 5) is 3.09. The molecule has 5 nitrogen and oxygen atoms in total. The minimum atomic E-state index is 0.0679. The van der Waals surface area contributed by atoms with E-state index in [9.17, 15) is 0 Å². The van der Waals surface area contributed by atoms with Gasteiger partial charge in [-0.1, -0.05) is 0 Å². The van der Waals surface area contributed by atoms with Gasteiger partial charge in [0.05, 0.1) is 33.0 Å². The molecule has 0 aliphatic carbocycles. The van der Waals surface area contributed by atoms with E-state index in [0.29, 0.717) is 26.4 Å². The van der Waals surface area contributed by atoms with Crippen molar-refractivity contribution in [2.45, 2.75) is 13.5 Å². The van der Waals surface area contributed by atoms with Gasteiger partial charge < -0.3 is 14.6 Å². The van der Waals surface area contributed by atoms with Crippen molar-refractivity contribution >= 4 is 0 Å². The van der Waals surface area contributed by atoms with Crippen molar-refractivity contribution in [1.29, 1.82) is 0 Å². The number of aromatic nitrogens is 2. The summed E-state index contributed by atoms with van der Waals surface area (Å²) in [5.74, 6) is 1.12. The average molecular weight is 215 g/mol. The van der Waals surface area contributed by atoms with Crippen LogP contribution in [0.2, 0.25) is 0 Å². The van der Waals surface area contributed by atoms with Crippen molar-refractivity contribution in [3.63, 3.8) is 0 Å². The smallest absolute Gasteiger partial charge is 0.251 e. The number of aromatic amines is 1. The van der Waals surface area contributed by atoms with E-state index in [-0.39, 0.29) is 6.61 Å². The molecular weight excluding hydrogens is 196 g/mol. The summed E-state index contributed by atoms with van der Waals surface area (Å²) >= 11 is 0. The van der Waals surface area contributed by atoms with Crippen LogP contribution in [-0.4, -0.2) is 43.1 Å². The number of aryl methyl sites for hydroxylation is 1. The molecular formula is C10H19N2O3+. The maximum atomic E-state index is 8.45. The Balaban J connectivity index is 1.96. The van der Waals surface area contributed by atoms with Crippen LogP contribution < -0.4 is 4.57 Å². The van der Waals surface area contributed by atoms with Gasteiger partial charge in [-0.15, -0.1) is 0 Å². The number of hydrogen-bond acceptors (Lipinski definition) is 3. The molecule has 0 bridgehead atoms. The van der Waals surface area contributed by atoms with Crippen LogP contribution in [0.4, 0.5) is 0 Å². The number of nitrogens with zero attached hydrogens (tertiary/aromatic N) is 1. The summed E-state index contributed by atoms with van der Waals surface area (Å²) in [7, 11) is 0. The first kappa shape index (κ1) is 12.2. The van der Waals surface area contributed by atoms with Gasteiger partial charge in [-0.05, 0) is 0 Å². The van der Waals surface area contributed by atoms with E-state index in [4.69, 9.17) is 14.6 Å². The largest absolute Gasteiger partial charge is 0.394 e. The van der Waals surface area contributed by atoms with Gasteiger partial charge in [0.25, 0.3) is 5.82 Å². The summed E-state index contributed by atoms with van der Waals surface area (Å²) < 4.78 is 12.5. The van der Waals surface area contributed by atoms with Crippen molar-refractivity contribution in [3.8, 4) is 0 Å². The summed E-state index contributed by atoms with van der Waals surface area (Å²) in [6, 6.07) is 0. The van der Waals surface area contributed by atoms with Crippen molar-refractivity contribution < 1.29 is 19.1 Å². The Labute approximate surface area is 89.6 Å². The predicted octanol–water partition coefficient (Wildman–Crippen LogP) is -0.364. The third-order valence-electron chi connectivity index (χ3n) is 2.06. The van der Waals surface area contributed by atoms with Gasteiger partial charge in [-0.3, -0.25) is 0 Å². The molecule has 0 spiro atoms. The Kier molecular flexibility index (Phi) is 5.99. The summed E-state index contributed by atoms with van der Waals surface area (Å²) in [5, 5.41) is 8.45.